The fourth-order valence-electron chi connectivity index (χ4n) is 2.95. The number of likely N-dealkylation sites (tertiary alicyclic amines) is 1. The smallest absolute Gasteiger partial charge is 0.289 e. The molecule has 1 aliphatic rings. The van der Waals surface area contributed by atoms with Crippen LogP contribution in [0.5, 0.6) is 5.95 Å². The minimum Gasteiger partial charge on any atom is -0.465 e. The molecule has 6 nitrogen and oxygen atoms in total. The van der Waals surface area contributed by atoms with Gasteiger partial charge in [0, 0.05) is 24.8 Å². The molecule has 3 heterocycles. The van der Waals surface area contributed by atoms with Gasteiger partial charge in [0.1, 0.15) is 0 Å². The van der Waals surface area contributed by atoms with Gasteiger partial charge < -0.3 is 14.1 Å². The Morgan fingerprint density at radius 2 is 2.27 bits per heavy atom. The van der Waals surface area contributed by atoms with Crippen molar-refractivity contribution in [3.05, 3.63) is 35.3 Å². The minimum absolute atomic E-state index is 0.0880. The summed E-state index contributed by atoms with van der Waals surface area (Å²) in [6, 6.07) is 5.65. The standard InChI is InChI=1S/C16H21N3O3/c1-4-21-15-6-5-14(22-15)16(20)18-8-7-13(10-18)19-12(3)9-11(2)17-19/h5-6,9,13H,4,7-8,10H2,1-3H3/t13-/m1/s1. The van der Waals surface area contributed by atoms with Crippen LogP contribution in [0.4, 0.5) is 0 Å². The summed E-state index contributed by atoms with van der Waals surface area (Å²) in [5.74, 6) is 0.632. The maximum absolute atomic E-state index is 12.5. The van der Waals surface area contributed by atoms with E-state index in [9.17, 15) is 4.79 Å². The van der Waals surface area contributed by atoms with Crippen LogP contribution in [0, 0.1) is 13.8 Å². The molecule has 0 aromatic carbocycles. The Morgan fingerprint density at radius 1 is 1.45 bits per heavy atom. The molecule has 1 amide bonds. The lowest BCUT2D eigenvalue weighted by molar-refractivity contribution is 0.0747. The largest absolute Gasteiger partial charge is 0.465 e. The van der Waals surface area contributed by atoms with E-state index in [0.717, 1.165) is 17.8 Å². The Hall–Kier alpha value is -2.24. The number of rotatable bonds is 4. The minimum atomic E-state index is -0.0880. The third kappa shape index (κ3) is 2.73. The van der Waals surface area contributed by atoms with Crippen molar-refractivity contribution in [1.82, 2.24) is 14.7 Å². The quantitative estimate of drug-likeness (QED) is 0.871. The average molecular weight is 303 g/mol. The topological polar surface area (TPSA) is 60.5 Å². The zero-order chi connectivity index (χ0) is 15.7. The van der Waals surface area contributed by atoms with E-state index in [1.54, 1.807) is 12.1 Å². The molecule has 1 saturated heterocycles. The first kappa shape index (κ1) is 14.7. The van der Waals surface area contributed by atoms with Crippen LogP contribution in [0.2, 0.25) is 0 Å². The van der Waals surface area contributed by atoms with Crippen molar-refractivity contribution in [2.24, 2.45) is 0 Å². The third-order valence-electron chi connectivity index (χ3n) is 3.92. The molecular weight excluding hydrogens is 282 g/mol. The van der Waals surface area contributed by atoms with Gasteiger partial charge in [-0.3, -0.25) is 9.48 Å². The molecule has 1 atom stereocenters. The Balaban J connectivity index is 1.69. The highest BCUT2D eigenvalue weighted by Crippen LogP contribution is 2.25. The molecule has 2 aromatic rings. The van der Waals surface area contributed by atoms with Gasteiger partial charge in [0.25, 0.3) is 11.9 Å². The zero-order valence-corrected chi connectivity index (χ0v) is 13.2. The maximum atomic E-state index is 12.5. The van der Waals surface area contributed by atoms with E-state index in [2.05, 4.69) is 11.2 Å². The second-order valence-corrected chi connectivity index (χ2v) is 5.62. The number of furan rings is 1. The molecule has 0 spiro atoms. The SMILES string of the molecule is CCOc1ccc(C(=O)N2CC[C@@H](n3nc(C)cc3C)C2)o1. The summed E-state index contributed by atoms with van der Waals surface area (Å²) in [6.45, 7) is 7.80. The summed E-state index contributed by atoms with van der Waals surface area (Å²) >= 11 is 0. The highest BCUT2D eigenvalue weighted by molar-refractivity contribution is 5.91. The highest BCUT2D eigenvalue weighted by atomic mass is 16.6. The van der Waals surface area contributed by atoms with Gasteiger partial charge in [-0.1, -0.05) is 0 Å². The number of aryl methyl sites for hydroxylation is 2. The van der Waals surface area contributed by atoms with Gasteiger partial charge in [0.2, 0.25) is 0 Å². The number of ether oxygens (including phenoxy) is 1. The van der Waals surface area contributed by atoms with Crippen LogP contribution in [0.25, 0.3) is 0 Å². The summed E-state index contributed by atoms with van der Waals surface area (Å²) in [5.41, 5.74) is 2.14. The lowest BCUT2D eigenvalue weighted by atomic mass is 10.2. The van der Waals surface area contributed by atoms with E-state index in [4.69, 9.17) is 9.15 Å². The molecule has 0 unspecified atom stereocenters. The molecule has 22 heavy (non-hydrogen) atoms. The number of amides is 1. The van der Waals surface area contributed by atoms with Crippen LogP contribution in [0.15, 0.2) is 22.6 Å². The first-order valence-electron chi connectivity index (χ1n) is 7.63. The van der Waals surface area contributed by atoms with Crippen LogP contribution in [-0.4, -0.2) is 40.3 Å². The molecule has 0 bridgehead atoms. The summed E-state index contributed by atoms with van der Waals surface area (Å²) < 4.78 is 12.7. The average Bonchev–Trinajstić information content (AvgIpc) is 3.18. The lowest BCUT2D eigenvalue weighted by Gasteiger charge is -2.16. The molecule has 118 valence electrons. The van der Waals surface area contributed by atoms with Crippen molar-refractivity contribution in [1.29, 1.82) is 0 Å². The van der Waals surface area contributed by atoms with Crippen LogP contribution >= 0.6 is 0 Å². The van der Waals surface area contributed by atoms with Gasteiger partial charge in [0.15, 0.2) is 5.76 Å². The fourth-order valence-corrected chi connectivity index (χ4v) is 2.95. The Bertz CT molecular complexity index is 674. The first-order chi connectivity index (χ1) is 10.6. The number of hydrogen-bond donors (Lipinski definition) is 0. The fraction of sp³-hybridized carbons (Fsp3) is 0.500. The van der Waals surface area contributed by atoms with E-state index >= 15 is 0 Å². The molecule has 2 aromatic heterocycles. The molecule has 1 aliphatic heterocycles. The van der Waals surface area contributed by atoms with Crippen molar-refractivity contribution >= 4 is 5.91 Å². The predicted molar refractivity (Wildman–Crippen MR) is 81.1 cm³/mol. The molecule has 0 radical (unpaired) electrons. The van der Waals surface area contributed by atoms with E-state index in [1.165, 1.54) is 0 Å². The number of carbonyl (C=O) groups excluding carboxylic acids is 1. The van der Waals surface area contributed by atoms with Crippen molar-refractivity contribution in [2.75, 3.05) is 19.7 Å². The van der Waals surface area contributed by atoms with E-state index in [0.29, 0.717) is 31.4 Å². The number of aromatic nitrogens is 2. The molecule has 0 saturated carbocycles. The van der Waals surface area contributed by atoms with Crippen molar-refractivity contribution in [2.45, 2.75) is 33.2 Å². The lowest BCUT2D eigenvalue weighted by Crippen LogP contribution is -2.29. The Morgan fingerprint density at radius 3 is 2.95 bits per heavy atom. The molecule has 1 fully saturated rings. The number of carbonyl (C=O) groups is 1. The highest BCUT2D eigenvalue weighted by Gasteiger charge is 2.30. The third-order valence-corrected chi connectivity index (χ3v) is 3.92. The van der Waals surface area contributed by atoms with Crippen LogP contribution in [0.3, 0.4) is 0 Å². The summed E-state index contributed by atoms with van der Waals surface area (Å²) in [5, 5.41) is 4.52. The summed E-state index contributed by atoms with van der Waals surface area (Å²) in [4.78, 5) is 14.3. The zero-order valence-electron chi connectivity index (χ0n) is 13.2. The van der Waals surface area contributed by atoms with Gasteiger partial charge in [-0.05, 0) is 39.3 Å². The molecular formula is C16H21N3O3. The second-order valence-electron chi connectivity index (χ2n) is 5.62. The van der Waals surface area contributed by atoms with Gasteiger partial charge in [-0.25, -0.2) is 0 Å². The summed E-state index contributed by atoms with van der Waals surface area (Å²) in [7, 11) is 0. The molecule has 6 heteroatoms. The van der Waals surface area contributed by atoms with Crippen molar-refractivity contribution in [3.63, 3.8) is 0 Å². The van der Waals surface area contributed by atoms with E-state index in [1.807, 2.05) is 30.4 Å². The predicted octanol–water partition coefficient (Wildman–Crippen LogP) is 2.58. The summed E-state index contributed by atoms with van der Waals surface area (Å²) in [6.07, 6.45) is 0.909. The van der Waals surface area contributed by atoms with E-state index in [-0.39, 0.29) is 11.9 Å². The van der Waals surface area contributed by atoms with Crippen LogP contribution < -0.4 is 4.74 Å². The van der Waals surface area contributed by atoms with Crippen molar-refractivity contribution in [3.8, 4) is 5.95 Å². The Kier molecular flexibility index (Phi) is 3.92. The normalized spacial score (nSPS) is 18.0. The van der Waals surface area contributed by atoms with Gasteiger partial charge in [0.05, 0.1) is 18.3 Å². The second kappa shape index (κ2) is 5.87. The maximum Gasteiger partial charge on any atom is 0.289 e. The van der Waals surface area contributed by atoms with Crippen molar-refractivity contribution < 1.29 is 13.9 Å². The monoisotopic (exact) mass is 303 g/mol. The first-order valence-corrected chi connectivity index (χ1v) is 7.63. The van der Waals surface area contributed by atoms with E-state index < -0.39 is 0 Å². The van der Waals surface area contributed by atoms with Crippen LogP contribution in [0.1, 0.15) is 41.3 Å². The molecule has 0 aliphatic carbocycles. The molecule has 3 rings (SSSR count). The van der Waals surface area contributed by atoms with Gasteiger partial charge in [-0.15, -0.1) is 0 Å². The van der Waals surface area contributed by atoms with Crippen LogP contribution in [-0.2, 0) is 0 Å². The molecule has 0 N–H and O–H groups in total. The number of nitrogens with zero attached hydrogens (tertiary/aromatic N) is 3. The van der Waals surface area contributed by atoms with Gasteiger partial charge >= 0.3 is 0 Å². The Labute approximate surface area is 129 Å². The number of hydrogen-bond acceptors (Lipinski definition) is 4. The van der Waals surface area contributed by atoms with Gasteiger partial charge in [-0.2, -0.15) is 5.10 Å².